The zero-order valence-corrected chi connectivity index (χ0v) is 26.4. The third-order valence-corrected chi connectivity index (χ3v) is 14.7. The Morgan fingerprint density at radius 1 is 1.00 bits per heavy atom. The number of fused-ring (bicyclic) bond motifs is 1. The Kier molecular flexibility index (Phi) is 6.99. The molecule has 3 aromatic carbocycles. The number of azide groups is 1. The van der Waals surface area contributed by atoms with Gasteiger partial charge in [-0.1, -0.05) is 86.5 Å². The maximum atomic E-state index is 12.6. The Labute approximate surface area is 253 Å². The van der Waals surface area contributed by atoms with Crippen molar-refractivity contribution in [1.82, 2.24) is 0 Å². The first kappa shape index (κ1) is 29.4. The van der Waals surface area contributed by atoms with E-state index in [-0.39, 0.29) is 11.6 Å². The average Bonchev–Trinajstić information content (AvgIpc) is 3.60. The van der Waals surface area contributed by atoms with Gasteiger partial charge in [0.05, 0.1) is 19.8 Å². The van der Waals surface area contributed by atoms with E-state index in [1.54, 1.807) is 14.0 Å². The number of benzene rings is 3. The molecule has 1 saturated carbocycles. The molecule has 2 fully saturated rings. The predicted molar refractivity (Wildman–Crippen MR) is 168 cm³/mol. The summed E-state index contributed by atoms with van der Waals surface area (Å²) in [6.45, 7) is 10.3. The molecule has 0 amide bonds. The first-order valence-electron chi connectivity index (χ1n) is 14.6. The van der Waals surface area contributed by atoms with Crippen molar-refractivity contribution in [3.63, 3.8) is 0 Å². The van der Waals surface area contributed by atoms with Crippen LogP contribution in [0.3, 0.4) is 0 Å². The van der Waals surface area contributed by atoms with Crippen molar-refractivity contribution in [3.05, 3.63) is 101 Å². The normalized spacial score (nSPS) is 31.1. The lowest BCUT2D eigenvalue weighted by atomic mass is 9.74. The Morgan fingerprint density at radius 2 is 1.58 bits per heavy atom. The molecule has 1 spiro atoms. The van der Waals surface area contributed by atoms with E-state index in [1.807, 2.05) is 67.6 Å². The maximum Gasteiger partial charge on any atom is 0.261 e. The molecule has 3 aromatic rings. The standard InChI is InChI=1S/C33H38N4O5Si/c1-22-33(35-29(41-22)23-17-19-24(39-6)20-18-23)27(36-37-34)28-32(42-28,31(33,5)38)21-40-43(30(2,3)4,25-13-9-7-10-14-25)26-15-11-8-12-16-26/h7-20,22,27-28,38H,21H2,1-6H3/t22-,27-,28-,31-,32-,33-/m0/s1. The van der Waals surface area contributed by atoms with Gasteiger partial charge < -0.3 is 23.7 Å². The molecule has 0 bridgehead atoms. The number of aliphatic imine (C=N–C) groups is 1. The van der Waals surface area contributed by atoms with Crippen molar-refractivity contribution in [2.75, 3.05) is 13.7 Å². The third kappa shape index (κ3) is 4.08. The number of rotatable bonds is 8. The largest absolute Gasteiger partial charge is 0.497 e. The lowest BCUT2D eigenvalue weighted by Gasteiger charge is -2.46. The van der Waals surface area contributed by atoms with E-state index in [0.717, 1.165) is 15.9 Å². The highest BCUT2D eigenvalue weighted by molar-refractivity contribution is 6.99. The van der Waals surface area contributed by atoms with Crippen LogP contribution in [-0.2, 0) is 13.9 Å². The van der Waals surface area contributed by atoms with Crippen LogP contribution in [0, 0.1) is 0 Å². The molecule has 0 radical (unpaired) electrons. The lowest BCUT2D eigenvalue weighted by molar-refractivity contribution is -0.116. The van der Waals surface area contributed by atoms with Gasteiger partial charge in [0.1, 0.15) is 34.7 Å². The first-order valence-corrected chi connectivity index (χ1v) is 16.5. The summed E-state index contributed by atoms with van der Waals surface area (Å²) < 4.78 is 25.2. The Bertz CT molecular complexity index is 1530. The van der Waals surface area contributed by atoms with Gasteiger partial charge in [-0.25, -0.2) is 4.99 Å². The number of hydrogen-bond donors (Lipinski definition) is 1. The molecule has 224 valence electrons. The SMILES string of the molecule is COc1ccc(C2=N[C@@]3([C@H](C)O2)[C@@H](N=[N+]=[N-])[C@@H]2O[C@]2(CO[Si](c2ccccc2)(c2ccccc2)C(C)(C)C)[C@]3(C)O)cc1. The van der Waals surface area contributed by atoms with Gasteiger partial charge in [0.15, 0.2) is 0 Å². The van der Waals surface area contributed by atoms with Gasteiger partial charge in [-0.3, -0.25) is 0 Å². The molecule has 2 heterocycles. The number of hydrogen-bond acceptors (Lipinski definition) is 7. The van der Waals surface area contributed by atoms with Gasteiger partial charge in [-0.15, -0.1) is 0 Å². The van der Waals surface area contributed by atoms with E-state index in [9.17, 15) is 10.6 Å². The van der Waals surface area contributed by atoms with Crippen LogP contribution in [-0.4, -0.2) is 68.0 Å². The first-order chi connectivity index (χ1) is 20.5. The molecular formula is C33H38N4O5Si. The molecule has 9 nitrogen and oxygen atoms in total. The van der Waals surface area contributed by atoms with Crippen LogP contribution in [0.2, 0.25) is 5.04 Å². The maximum absolute atomic E-state index is 12.6. The van der Waals surface area contributed by atoms with E-state index in [2.05, 4.69) is 55.1 Å². The minimum absolute atomic E-state index is 0.0945. The second-order valence-electron chi connectivity index (χ2n) is 12.8. The summed E-state index contributed by atoms with van der Waals surface area (Å²) in [5, 5.41) is 18.7. The fraction of sp³-hybridized carbons (Fsp3) is 0.424. The minimum atomic E-state index is -2.96. The van der Waals surface area contributed by atoms with Crippen molar-refractivity contribution in [1.29, 1.82) is 0 Å². The van der Waals surface area contributed by atoms with Gasteiger partial charge in [0.25, 0.3) is 8.32 Å². The highest BCUT2D eigenvalue weighted by atomic mass is 28.4. The van der Waals surface area contributed by atoms with Crippen molar-refractivity contribution in [2.24, 2.45) is 10.1 Å². The summed E-state index contributed by atoms with van der Waals surface area (Å²) in [5.41, 5.74) is 6.34. The van der Waals surface area contributed by atoms with Crippen LogP contribution in [0.4, 0.5) is 0 Å². The zero-order chi connectivity index (χ0) is 30.7. The number of aliphatic hydroxyl groups is 1. The predicted octanol–water partition coefficient (Wildman–Crippen LogP) is 4.76. The van der Waals surface area contributed by atoms with E-state index in [0.29, 0.717) is 11.6 Å². The van der Waals surface area contributed by atoms with Crippen molar-refractivity contribution >= 4 is 24.6 Å². The smallest absolute Gasteiger partial charge is 0.261 e. The van der Waals surface area contributed by atoms with E-state index in [1.165, 1.54) is 0 Å². The monoisotopic (exact) mass is 598 g/mol. The Morgan fingerprint density at radius 3 is 2.09 bits per heavy atom. The van der Waals surface area contributed by atoms with E-state index < -0.39 is 43.3 Å². The number of methoxy groups -OCH3 is 1. The fourth-order valence-electron chi connectivity index (χ4n) is 7.42. The van der Waals surface area contributed by atoms with E-state index in [4.69, 9.17) is 23.6 Å². The molecule has 3 aliphatic rings. The second kappa shape index (κ2) is 10.2. The van der Waals surface area contributed by atoms with Gasteiger partial charge >= 0.3 is 0 Å². The summed E-state index contributed by atoms with van der Waals surface area (Å²) in [6.07, 6.45) is -1.20. The van der Waals surface area contributed by atoms with Gasteiger partial charge in [-0.2, -0.15) is 0 Å². The Balaban J connectivity index is 1.43. The molecule has 6 atom stereocenters. The number of ether oxygens (including phenoxy) is 3. The molecule has 1 aliphatic carbocycles. The number of epoxide rings is 1. The van der Waals surface area contributed by atoms with Crippen molar-refractivity contribution in [2.45, 2.75) is 74.6 Å². The van der Waals surface area contributed by atoms with Crippen LogP contribution >= 0.6 is 0 Å². The Hall–Kier alpha value is -3.66. The van der Waals surface area contributed by atoms with Gasteiger partial charge in [0.2, 0.25) is 5.90 Å². The lowest BCUT2D eigenvalue weighted by Crippen LogP contribution is -2.69. The highest BCUT2D eigenvalue weighted by Gasteiger charge is 2.87. The molecule has 6 rings (SSSR count). The summed E-state index contributed by atoms with van der Waals surface area (Å²) in [7, 11) is -1.35. The second-order valence-corrected chi connectivity index (χ2v) is 17.1. The van der Waals surface area contributed by atoms with Crippen LogP contribution < -0.4 is 15.1 Å². The van der Waals surface area contributed by atoms with Crippen LogP contribution in [0.5, 0.6) is 5.75 Å². The fourth-order valence-corrected chi connectivity index (χ4v) is 12.0. The van der Waals surface area contributed by atoms with Crippen molar-refractivity contribution < 1.29 is 23.7 Å². The molecule has 2 aliphatic heterocycles. The third-order valence-electron chi connectivity index (χ3n) is 9.71. The molecule has 43 heavy (non-hydrogen) atoms. The summed E-state index contributed by atoms with van der Waals surface area (Å²) >= 11 is 0. The minimum Gasteiger partial charge on any atom is -0.497 e. The quantitative estimate of drug-likeness (QED) is 0.132. The average molecular weight is 599 g/mol. The zero-order valence-electron chi connectivity index (χ0n) is 25.4. The molecular weight excluding hydrogens is 560 g/mol. The molecule has 0 aromatic heterocycles. The van der Waals surface area contributed by atoms with Crippen LogP contribution in [0.15, 0.2) is 95.0 Å². The molecule has 1 N–H and O–H groups in total. The summed E-state index contributed by atoms with van der Waals surface area (Å²) in [4.78, 5) is 8.20. The topological polar surface area (TPSA) is 122 Å². The summed E-state index contributed by atoms with van der Waals surface area (Å²) in [5.74, 6) is 1.08. The highest BCUT2D eigenvalue weighted by Crippen LogP contribution is 2.65. The summed E-state index contributed by atoms with van der Waals surface area (Å²) in [6, 6.07) is 27.2. The van der Waals surface area contributed by atoms with E-state index >= 15 is 0 Å². The van der Waals surface area contributed by atoms with Gasteiger partial charge in [-0.05, 0) is 59.1 Å². The van der Waals surface area contributed by atoms with Crippen molar-refractivity contribution in [3.8, 4) is 5.75 Å². The van der Waals surface area contributed by atoms with Crippen LogP contribution in [0.25, 0.3) is 10.4 Å². The van der Waals surface area contributed by atoms with Crippen LogP contribution in [0.1, 0.15) is 40.2 Å². The number of nitrogens with zero attached hydrogens (tertiary/aromatic N) is 4. The van der Waals surface area contributed by atoms with Gasteiger partial charge in [0, 0.05) is 10.5 Å². The molecule has 0 unspecified atom stereocenters. The molecule has 10 heteroatoms. The molecule has 1 saturated heterocycles.